The Hall–Kier alpha value is -2.22. The van der Waals surface area contributed by atoms with Gasteiger partial charge < -0.3 is 0 Å². The van der Waals surface area contributed by atoms with Gasteiger partial charge in [-0.15, -0.1) is 22.7 Å². The number of benzene rings is 1. The number of aromatic nitrogens is 2. The Morgan fingerprint density at radius 1 is 1.32 bits per heavy atom. The number of imidazole rings is 1. The number of rotatable bonds is 4. The summed E-state index contributed by atoms with van der Waals surface area (Å²) in [7, 11) is 0. The second kappa shape index (κ2) is 5.53. The number of thiophene rings is 1. The molecule has 0 unspecified atom stereocenters. The summed E-state index contributed by atoms with van der Waals surface area (Å²) in [6.45, 7) is 0.339. The number of nitrogens with one attached hydrogen (secondary N) is 1. The Labute approximate surface area is 133 Å². The largest absolute Gasteiger partial charge is 0.289 e. The Morgan fingerprint density at radius 2 is 2.18 bits per heavy atom. The van der Waals surface area contributed by atoms with Crippen molar-refractivity contribution in [3.05, 3.63) is 58.4 Å². The molecule has 1 amide bonds. The van der Waals surface area contributed by atoms with Crippen LogP contribution in [0.4, 0.5) is 0 Å². The lowest BCUT2D eigenvalue weighted by Crippen LogP contribution is -2.22. The smallest absolute Gasteiger partial charge is 0.285 e. The van der Waals surface area contributed by atoms with Crippen molar-refractivity contribution >= 4 is 43.9 Å². The van der Waals surface area contributed by atoms with E-state index in [0.29, 0.717) is 11.5 Å². The van der Waals surface area contributed by atoms with E-state index in [1.54, 1.807) is 11.3 Å². The van der Waals surface area contributed by atoms with Crippen LogP contribution in [0, 0.1) is 0 Å². The van der Waals surface area contributed by atoms with Gasteiger partial charge in [0, 0.05) is 11.6 Å². The van der Waals surface area contributed by atoms with Gasteiger partial charge in [-0.1, -0.05) is 30.3 Å². The van der Waals surface area contributed by atoms with Crippen LogP contribution in [0.2, 0.25) is 0 Å². The van der Waals surface area contributed by atoms with Gasteiger partial charge in [-0.2, -0.15) is 0 Å². The molecule has 3 aromatic heterocycles. The Kier molecular flexibility index (Phi) is 3.38. The molecule has 1 aromatic carbocycles. The van der Waals surface area contributed by atoms with E-state index in [-0.39, 0.29) is 5.91 Å². The highest BCUT2D eigenvalue weighted by atomic mass is 32.1. The molecule has 3 heterocycles. The van der Waals surface area contributed by atoms with E-state index in [4.69, 9.17) is 4.84 Å². The molecule has 0 radical (unpaired) electrons. The van der Waals surface area contributed by atoms with Crippen LogP contribution in [0.3, 0.4) is 0 Å². The quantitative estimate of drug-likeness (QED) is 0.583. The summed E-state index contributed by atoms with van der Waals surface area (Å²) in [4.78, 5) is 24.3. The molecule has 0 bridgehead atoms. The summed E-state index contributed by atoms with van der Waals surface area (Å²) < 4.78 is 1.98. The molecule has 22 heavy (non-hydrogen) atoms. The third-order valence-electron chi connectivity index (χ3n) is 3.21. The molecule has 0 aliphatic heterocycles. The van der Waals surface area contributed by atoms with Crippen LogP contribution in [0.1, 0.15) is 15.2 Å². The summed E-state index contributed by atoms with van der Waals surface area (Å²) in [5.41, 5.74) is 4.43. The highest BCUT2D eigenvalue weighted by Crippen LogP contribution is 2.28. The highest BCUT2D eigenvalue weighted by molar-refractivity contribution is 7.21. The number of nitrogens with zero attached hydrogens (tertiary/aromatic N) is 2. The van der Waals surface area contributed by atoms with E-state index in [2.05, 4.69) is 10.5 Å². The van der Waals surface area contributed by atoms with Crippen molar-refractivity contribution in [2.24, 2.45) is 0 Å². The molecule has 0 atom stereocenters. The minimum absolute atomic E-state index is 0.247. The molecule has 110 valence electrons. The van der Waals surface area contributed by atoms with Crippen LogP contribution in [0.5, 0.6) is 0 Å². The minimum Gasteiger partial charge on any atom is -0.289 e. The van der Waals surface area contributed by atoms with Crippen LogP contribution in [-0.2, 0) is 11.4 Å². The van der Waals surface area contributed by atoms with Crippen molar-refractivity contribution < 1.29 is 9.63 Å². The molecule has 0 saturated heterocycles. The third-order valence-corrected chi connectivity index (χ3v) is 4.98. The van der Waals surface area contributed by atoms with Gasteiger partial charge in [-0.3, -0.25) is 14.0 Å². The Morgan fingerprint density at radius 3 is 3.05 bits per heavy atom. The summed E-state index contributed by atoms with van der Waals surface area (Å²) in [6.07, 6.45) is 1.95. The zero-order chi connectivity index (χ0) is 14.9. The van der Waals surface area contributed by atoms with Gasteiger partial charge >= 0.3 is 0 Å². The first-order valence-corrected chi connectivity index (χ1v) is 8.32. The van der Waals surface area contributed by atoms with Crippen molar-refractivity contribution in [2.45, 2.75) is 6.61 Å². The molecule has 0 aliphatic rings. The topological polar surface area (TPSA) is 55.6 Å². The first-order valence-electron chi connectivity index (χ1n) is 6.62. The number of carbonyl (C=O) groups is 1. The van der Waals surface area contributed by atoms with Gasteiger partial charge in [0.1, 0.15) is 4.83 Å². The van der Waals surface area contributed by atoms with Gasteiger partial charge in [-0.05, 0) is 11.6 Å². The van der Waals surface area contributed by atoms with Crippen molar-refractivity contribution in [2.75, 3.05) is 0 Å². The first kappa shape index (κ1) is 13.4. The van der Waals surface area contributed by atoms with E-state index in [1.165, 1.54) is 11.3 Å². The third kappa shape index (κ3) is 2.39. The van der Waals surface area contributed by atoms with Crippen LogP contribution in [-0.4, -0.2) is 15.3 Å². The molecule has 1 N–H and O–H groups in total. The Bertz CT molecular complexity index is 940. The fourth-order valence-electron chi connectivity index (χ4n) is 2.17. The van der Waals surface area contributed by atoms with Crippen molar-refractivity contribution in [1.29, 1.82) is 0 Å². The second-order valence-corrected chi connectivity index (χ2v) is 6.58. The van der Waals surface area contributed by atoms with Crippen LogP contribution in [0.15, 0.2) is 48.0 Å². The summed E-state index contributed by atoms with van der Waals surface area (Å²) in [5, 5.41) is 1.97. The van der Waals surface area contributed by atoms with Crippen molar-refractivity contribution in [3.63, 3.8) is 0 Å². The van der Waals surface area contributed by atoms with Gasteiger partial charge in [0.05, 0.1) is 17.0 Å². The molecule has 0 spiro atoms. The summed E-state index contributed by atoms with van der Waals surface area (Å²) in [5.74, 6) is -0.247. The lowest BCUT2D eigenvalue weighted by Gasteiger charge is -2.04. The van der Waals surface area contributed by atoms with E-state index in [1.807, 2.05) is 52.4 Å². The minimum atomic E-state index is -0.247. The molecule has 0 aliphatic carbocycles. The fraction of sp³-hybridized carbons (Fsp3) is 0.0667. The maximum Gasteiger partial charge on any atom is 0.285 e. The van der Waals surface area contributed by atoms with Crippen molar-refractivity contribution in [3.8, 4) is 0 Å². The monoisotopic (exact) mass is 329 g/mol. The zero-order valence-electron chi connectivity index (χ0n) is 11.4. The molecule has 5 nitrogen and oxygen atoms in total. The molecule has 4 aromatic rings. The lowest BCUT2D eigenvalue weighted by atomic mass is 10.2. The molecular formula is C15H11N3O2S2. The number of hydrogen-bond donors (Lipinski definition) is 1. The van der Waals surface area contributed by atoms with Crippen LogP contribution >= 0.6 is 22.7 Å². The number of hydroxylamine groups is 1. The summed E-state index contributed by atoms with van der Waals surface area (Å²) in [6, 6.07) is 11.5. The van der Waals surface area contributed by atoms with E-state index in [9.17, 15) is 4.79 Å². The number of amides is 1. The molecular weight excluding hydrogens is 318 g/mol. The van der Waals surface area contributed by atoms with Gasteiger partial charge in [0.15, 0.2) is 4.96 Å². The van der Waals surface area contributed by atoms with Gasteiger partial charge in [0.25, 0.3) is 5.91 Å². The van der Waals surface area contributed by atoms with E-state index >= 15 is 0 Å². The average molecular weight is 329 g/mol. The van der Waals surface area contributed by atoms with Gasteiger partial charge in [-0.25, -0.2) is 10.5 Å². The van der Waals surface area contributed by atoms with E-state index < -0.39 is 0 Å². The second-order valence-electron chi connectivity index (χ2n) is 4.67. The van der Waals surface area contributed by atoms with Crippen LogP contribution < -0.4 is 5.48 Å². The normalized spacial score (nSPS) is 11.3. The lowest BCUT2D eigenvalue weighted by molar-refractivity contribution is 0.0237. The SMILES string of the molecule is O=C(NOCc1ccccc1)c1cc2c(nc3sccn32)s1. The average Bonchev–Trinajstić information content (AvgIpc) is 3.19. The Balaban J connectivity index is 1.46. The van der Waals surface area contributed by atoms with E-state index in [0.717, 1.165) is 20.9 Å². The van der Waals surface area contributed by atoms with Crippen LogP contribution in [0.25, 0.3) is 15.3 Å². The number of thiazole rings is 1. The maximum atomic E-state index is 12.1. The number of carbonyl (C=O) groups excluding carboxylic acids is 1. The molecule has 7 heteroatoms. The maximum absolute atomic E-state index is 12.1. The standard InChI is InChI=1S/C15H11N3O2S2/c19-13(17-20-9-10-4-2-1-3-5-10)12-8-11-14(22-12)16-15-18(11)6-7-21-15/h1-8H,9H2,(H,17,19). The zero-order valence-corrected chi connectivity index (χ0v) is 13.0. The first-order chi connectivity index (χ1) is 10.8. The summed E-state index contributed by atoms with van der Waals surface area (Å²) >= 11 is 2.94. The molecule has 0 fully saturated rings. The highest BCUT2D eigenvalue weighted by Gasteiger charge is 2.15. The molecule has 4 rings (SSSR count). The molecule has 0 saturated carbocycles. The predicted octanol–water partition coefficient (Wildman–Crippen LogP) is 3.47. The predicted molar refractivity (Wildman–Crippen MR) is 87.1 cm³/mol. The fourth-order valence-corrected chi connectivity index (χ4v) is 3.86. The number of hydrogen-bond acceptors (Lipinski definition) is 5. The van der Waals surface area contributed by atoms with Crippen molar-refractivity contribution in [1.82, 2.24) is 14.9 Å². The number of fused-ring (bicyclic) bond motifs is 3. The van der Waals surface area contributed by atoms with Gasteiger partial charge in [0.2, 0.25) is 0 Å².